The van der Waals surface area contributed by atoms with Crippen LogP contribution >= 0.6 is 0 Å². The molecule has 1 N–H and O–H groups in total. The van der Waals surface area contributed by atoms with Gasteiger partial charge in [-0.05, 0) is 18.5 Å². The van der Waals surface area contributed by atoms with Gasteiger partial charge in [0.25, 0.3) is 0 Å². The predicted molar refractivity (Wildman–Crippen MR) is 57.9 cm³/mol. The van der Waals surface area contributed by atoms with Gasteiger partial charge in [-0.25, -0.2) is 0 Å². The van der Waals surface area contributed by atoms with Crippen LogP contribution in [0, 0.1) is 0 Å². The Balaban J connectivity index is 2.53. The zero-order valence-electron chi connectivity index (χ0n) is 8.33. The highest BCUT2D eigenvalue weighted by molar-refractivity contribution is 5.22. The van der Waals surface area contributed by atoms with Crippen LogP contribution in [0.2, 0.25) is 0 Å². The number of rotatable bonds is 4. The molecule has 1 rings (SSSR count). The Labute approximate surface area is 80.5 Å². The van der Waals surface area contributed by atoms with Crippen LogP contribution in [0.3, 0.4) is 0 Å². The zero-order chi connectivity index (χ0) is 9.52. The molecule has 0 saturated heterocycles. The second-order valence-electron chi connectivity index (χ2n) is 3.19. The molecule has 1 heteroatoms. The van der Waals surface area contributed by atoms with Gasteiger partial charge in [-0.1, -0.05) is 49.4 Å². The molecule has 0 saturated carbocycles. The lowest BCUT2D eigenvalue weighted by Gasteiger charge is -2.05. The standard InChI is InChI=1S/C12H17N/c1-11(7-6-10-13-2)12-8-4-3-5-9-12/h3-9,11,13H,10H2,1-2H3/b7-6+. The van der Waals surface area contributed by atoms with Crippen molar-refractivity contribution in [3.8, 4) is 0 Å². The monoisotopic (exact) mass is 175 g/mol. The minimum absolute atomic E-state index is 0.509. The molecule has 13 heavy (non-hydrogen) atoms. The van der Waals surface area contributed by atoms with Gasteiger partial charge < -0.3 is 5.32 Å². The molecule has 1 aromatic rings. The Morgan fingerprint density at radius 3 is 2.62 bits per heavy atom. The van der Waals surface area contributed by atoms with E-state index in [0.717, 1.165) is 6.54 Å². The van der Waals surface area contributed by atoms with E-state index in [2.05, 4.69) is 48.7 Å². The average Bonchev–Trinajstić information content (AvgIpc) is 2.19. The van der Waals surface area contributed by atoms with Crippen LogP contribution in [0.4, 0.5) is 0 Å². The maximum atomic E-state index is 3.09. The van der Waals surface area contributed by atoms with Gasteiger partial charge in [-0.15, -0.1) is 0 Å². The van der Waals surface area contributed by atoms with Crippen LogP contribution in [0.15, 0.2) is 42.5 Å². The smallest absolute Gasteiger partial charge is 0.0132 e. The summed E-state index contributed by atoms with van der Waals surface area (Å²) in [6.07, 6.45) is 4.39. The van der Waals surface area contributed by atoms with Crippen LogP contribution in [0.25, 0.3) is 0 Å². The Bertz CT molecular complexity index is 251. The van der Waals surface area contributed by atoms with Crippen molar-refractivity contribution in [2.75, 3.05) is 13.6 Å². The molecule has 0 fully saturated rings. The van der Waals surface area contributed by atoms with E-state index in [4.69, 9.17) is 0 Å². The van der Waals surface area contributed by atoms with E-state index in [-0.39, 0.29) is 0 Å². The van der Waals surface area contributed by atoms with Crippen molar-refractivity contribution in [2.45, 2.75) is 12.8 Å². The van der Waals surface area contributed by atoms with Crippen molar-refractivity contribution in [1.29, 1.82) is 0 Å². The topological polar surface area (TPSA) is 12.0 Å². The van der Waals surface area contributed by atoms with Crippen LogP contribution < -0.4 is 5.32 Å². The predicted octanol–water partition coefficient (Wildman–Crippen LogP) is 2.57. The van der Waals surface area contributed by atoms with Crippen molar-refractivity contribution >= 4 is 0 Å². The number of nitrogens with one attached hydrogen (secondary N) is 1. The number of allylic oxidation sites excluding steroid dienone is 1. The van der Waals surface area contributed by atoms with Gasteiger partial charge in [0.05, 0.1) is 0 Å². The third-order valence-electron chi connectivity index (χ3n) is 2.07. The fourth-order valence-corrected chi connectivity index (χ4v) is 1.26. The zero-order valence-corrected chi connectivity index (χ0v) is 8.33. The molecular weight excluding hydrogens is 158 g/mol. The summed E-state index contributed by atoms with van der Waals surface area (Å²) in [5.74, 6) is 0.509. The molecule has 0 amide bonds. The van der Waals surface area contributed by atoms with Crippen molar-refractivity contribution in [3.05, 3.63) is 48.0 Å². The van der Waals surface area contributed by atoms with Crippen LogP contribution in [-0.4, -0.2) is 13.6 Å². The first kappa shape index (κ1) is 10.0. The summed E-state index contributed by atoms with van der Waals surface area (Å²) in [5.41, 5.74) is 1.37. The Hall–Kier alpha value is -1.08. The molecule has 0 heterocycles. The molecule has 0 aliphatic rings. The maximum absolute atomic E-state index is 3.09. The molecule has 0 spiro atoms. The van der Waals surface area contributed by atoms with E-state index in [1.54, 1.807) is 0 Å². The third-order valence-corrected chi connectivity index (χ3v) is 2.07. The Morgan fingerprint density at radius 1 is 1.31 bits per heavy atom. The largest absolute Gasteiger partial charge is 0.316 e. The van der Waals surface area contributed by atoms with Gasteiger partial charge in [-0.2, -0.15) is 0 Å². The lowest BCUT2D eigenvalue weighted by molar-refractivity contribution is 0.898. The number of hydrogen-bond acceptors (Lipinski definition) is 1. The first-order chi connectivity index (χ1) is 6.34. The van der Waals surface area contributed by atoms with Crippen LogP contribution in [0.1, 0.15) is 18.4 Å². The molecule has 0 aromatic heterocycles. The van der Waals surface area contributed by atoms with Gasteiger partial charge >= 0.3 is 0 Å². The Morgan fingerprint density at radius 2 is 2.00 bits per heavy atom. The summed E-state index contributed by atoms with van der Waals surface area (Å²) in [6, 6.07) is 10.5. The second-order valence-corrected chi connectivity index (χ2v) is 3.19. The molecule has 1 atom stereocenters. The minimum Gasteiger partial charge on any atom is -0.316 e. The molecule has 70 valence electrons. The molecule has 1 nitrogen and oxygen atoms in total. The Kier molecular flexibility index (Phi) is 4.27. The van der Waals surface area contributed by atoms with Gasteiger partial charge in [0, 0.05) is 6.54 Å². The highest BCUT2D eigenvalue weighted by atomic mass is 14.8. The number of likely N-dealkylation sites (N-methyl/N-ethyl adjacent to an activating group) is 1. The number of hydrogen-bond donors (Lipinski definition) is 1. The van der Waals surface area contributed by atoms with Gasteiger partial charge in [-0.3, -0.25) is 0 Å². The first-order valence-corrected chi connectivity index (χ1v) is 4.71. The molecule has 0 radical (unpaired) electrons. The molecule has 1 aromatic carbocycles. The van der Waals surface area contributed by atoms with Crippen molar-refractivity contribution in [1.82, 2.24) is 5.32 Å². The summed E-state index contributed by atoms with van der Waals surface area (Å²) >= 11 is 0. The maximum Gasteiger partial charge on any atom is 0.0132 e. The third kappa shape index (κ3) is 3.43. The lowest BCUT2D eigenvalue weighted by atomic mass is 10.0. The van der Waals surface area contributed by atoms with E-state index in [9.17, 15) is 0 Å². The van der Waals surface area contributed by atoms with E-state index in [1.165, 1.54) is 5.56 Å². The minimum atomic E-state index is 0.509. The summed E-state index contributed by atoms with van der Waals surface area (Å²) in [4.78, 5) is 0. The average molecular weight is 175 g/mol. The molecule has 1 unspecified atom stereocenters. The van der Waals surface area contributed by atoms with E-state index in [1.807, 2.05) is 13.1 Å². The molecule has 0 aliphatic carbocycles. The van der Waals surface area contributed by atoms with Crippen molar-refractivity contribution < 1.29 is 0 Å². The second kappa shape index (κ2) is 5.55. The molecular formula is C12H17N. The number of benzene rings is 1. The highest BCUT2D eigenvalue weighted by Gasteiger charge is 1.97. The summed E-state index contributed by atoms with van der Waals surface area (Å²) < 4.78 is 0. The molecule has 0 bridgehead atoms. The van der Waals surface area contributed by atoms with Crippen LogP contribution in [-0.2, 0) is 0 Å². The quantitative estimate of drug-likeness (QED) is 0.693. The van der Waals surface area contributed by atoms with E-state index < -0.39 is 0 Å². The highest BCUT2D eigenvalue weighted by Crippen LogP contribution is 2.15. The fourth-order valence-electron chi connectivity index (χ4n) is 1.26. The fraction of sp³-hybridized carbons (Fsp3) is 0.333. The lowest BCUT2D eigenvalue weighted by Crippen LogP contribution is -2.04. The van der Waals surface area contributed by atoms with Crippen molar-refractivity contribution in [3.63, 3.8) is 0 Å². The molecule has 0 aliphatic heterocycles. The van der Waals surface area contributed by atoms with Gasteiger partial charge in [0.2, 0.25) is 0 Å². The van der Waals surface area contributed by atoms with Crippen molar-refractivity contribution in [2.24, 2.45) is 0 Å². The van der Waals surface area contributed by atoms with E-state index >= 15 is 0 Å². The summed E-state index contributed by atoms with van der Waals surface area (Å²) in [7, 11) is 1.96. The van der Waals surface area contributed by atoms with E-state index in [0.29, 0.717) is 5.92 Å². The summed E-state index contributed by atoms with van der Waals surface area (Å²) in [5, 5.41) is 3.09. The van der Waals surface area contributed by atoms with Gasteiger partial charge in [0.1, 0.15) is 0 Å². The first-order valence-electron chi connectivity index (χ1n) is 4.71. The van der Waals surface area contributed by atoms with Gasteiger partial charge in [0.15, 0.2) is 0 Å². The normalized spacial score (nSPS) is 13.4. The SMILES string of the molecule is CNC/C=C/C(C)c1ccccc1. The van der Waals surface area contributed by atoms with Crippen LogP contribution in [0.5, 0.6) is 0 Å². The summed E-state index contributed by atoms with van der Waals surface area (Å²) in [6.45, 7) is 3.15.